The lowest BCUT2D eigenvalue weighted by atomic mass is 10.1. The Morgan fingerprint density at radius 3 is 2.39 bits per heavy atom. The Bertz CT molecular complexity index is 809. The Hall–Kier alpha value is -2.32. The van der Waals surface area contributed by atoms with Gasteiger partial charge in [-0.25, -0.2) is 22.0 Å². The highest BCUT2D eigenvalue weighted by Crippen LogP contribution is 2.21. The number of ether oxygens (including phenoxy) is 1. The number of carbonyl (C=O) groups is 1. The third-order valence-electron chi connectivity index (χ3n) is 3.03. The fourth-order valence-electron chi connectivity index (χ4n) is 1.92. The van der Waals surface area contributed by atoms with E-state index < -0.39 is 38.6 Å². The molecule has 0 aromatic heterocycles. The highest BCUT2D eigenvalue weighted by atomic mass is 32.2. The third-order valence-corrected chi connectivity index (χ3v) is 4.46. The average molecular weight is 341 g/mol. The second-order valence-corrected chi connectivity index (χ2v) is 6.25. The summed E-state index contributed by atoms with van der Waals surface area (Å²) >= 11 is 0. The highest BCUT2D eigenvalue weighted by Gasteiger charge is 2.29. The van der Waals surface area contributed by atoms with E-state index in [1.165, 1.54) is 12.1 Å². The smallest absolute Gasteiger partial charge is 0.328 e. The first kappa shape index (κ1) is 17.0. The summed E-state index contributed by atoms with van der Waals surface area (Å²) in [5.41, 5.74) is 0.305. The van der Waals surface area contributed by atoms with E-state index in [1.54, 1.807) is 18.2 Å². The largest absolute Gasteiger partial charge is 0.468 e. The average Bonchev–Trinajstić information content (AvgIpc) is 2.55. The molecule has 8 heteroatoms. The van der Waals surface area contributed by atoms with E-state index in [-0.39, 0.29) is 0 Å². The van der Waals surface area contributed by atoms with Crippen LogP contribution in [-0.4, -0.2) is 21.5 Å². The number of esters is 1. The molecule has 0 aliphatic heterocycles. The predicted octanol–water partition coefficient (Wildman–Crippen LogP) is 2.16. The van der Waals surface area contributed by atoms with Crippen molar-refractivity contribution in [2.45, 2.75) is 10.9 Å². The van der Waals surface area contributed by atoms with Gasteiger partial charge in [-0.05, 0) is 23.8 Å². The van der Waals surface area contributed by atoms with Crippen molar-refractivity contribution >= 4 is 16.0 Å². The summed E-state index contributed by atoms with van der Waals surface area (Å²) in [5, 5.41) is 0. The van der Waals surface area contributed by atoms with Gasteiger partial charge in [0.25, 0.3) is 0 Å². The molecular weight excluding hydrogens is 328 g/mol. The molecule has 0 aliphatic rings. The van der Waals surface area contributed by atoms with Crippen molar-refractivity contribution < 1.29 is 26.7 Å². The summed E-state index contributed by atoms with van der Waals surface area (Å²) in [5.74, 6) is -2.92. The Balaban J connectivity index is 2.43. The van der Waals surface area contributed by atoms with E-state index in [2.05, 4.69) is 4.74 Å². The Morgan fingerprint density at radius 1 is 1.13 bits per heavy atom. The van der Waals surface area contributed by atoms with Crippen LogP contribution in [0.25, 0.3) is 0 Å². The molecule has 2 aromatic carbocycles. The summed E-state index contributed by atoms with van der Waals surface area (Å²) in [6.07, 6.45) is 0. The van der Waals surface area contributed by atoms with E-state index in [9.17, 15) is 22.0 Å². The molecule has 23 heavy (non-hydrogen) atoms. The van der Waals surface area contributed by atoms with Crippen LogP contribution >= 0.6 is 0 Å². The van der Waals surface area contributed by atoms with Gasteiger partial charge in [0.15, 0.2) is 0 Å². The first-order valence-electron chi connectivity index (χ1n) is 6.45. The van der Waals surface area contributed by atoms with Gasteiger partial charge < -0.3 is 4.74 Å². The Labute approximate surface area is 132 Å². The van der Waals surface area contributed by atoms with Crippen molar-refractivity contribution in [2.75, 3.05) is 7.11 Å². The summed E-state index contributed by atoms with van der Waals surface area (Å²) < 4.78 is 58.1. The highest BCUT2D eigenvalue weighted by molar-refractivity contribution is 7.89. The molecule has 1 N–H and O–H groups in total. The maximum Gasteiger partial charge on any atom is 0.328 e. The number of rotatable bonds is 5. The number of methoxy groups -OCH3 is 1. The van der Waals surface area contributed by atoms with Crippen LogP contribution in [0.5, 0.6) is 0 Å². The fraction of sp³-hybridized carbons (Fsp3) is 0.133. The van der Waals surface area contributed by atoms with Crippen LogP contribution in [0.4, 0.5) is 8.78 Å². The van der Waals surface area contributed by atoms with Crippen molar-refractivity contribution in [1.29, 1.82) is 0 Å². The Morgan fingerprint density at radius 2 is 1.78 bits per heavy atom. The predicted molar refractivity (Wildman–Crippen MR) is 77.9 cm³/mol. The Kier molecular flexibility index (Phi) is 5.07. The second kappa shape index (κ2) is 6.84. The minimum Gasteiger partial charge on any atom is -0.468 e. The van der Waals surface area contributed by atoms with E-state index in [1.807, 2.05) is 4.72 Å². The van der Waals surface area contributed by atoms with E-state index >= 15 is 0 Å². The minimum absolute atomic E-state index is 0.305. The standard InChI is InChI=1S/C15H13F2NO4S/c1-22-15(19)14(10-5-3-2-4-6-10)18-23(20,21)13-9-11(16)7-8-12(13)17/h2-9,14,18H,1H3. The first-order valence-corrected chi connectivity index (χ1v) is 7.93. The number of hydrogen-bond donors (Lipinski definition) is 1. The summed E-state index contributed by atoms with van der Waals surface area (Å²) in [6, 6.07) is 8.54. The van der Waals surface area contributed by atoms with Crippen LogP contribution in [0.2, 0.25) is 0 Å². The molecule has 1 atom stereocenters. The van der Waals surface area contributed by atoms with Gasteiger partial charge in [-0.1, -0.05) is 30.3 Å². The third kappa shape index (κ3) is 3.91. The molecule has 0 radical (unpaired) electrons. The van der Waals surface area contributed by atoms with Gasteiger partial charge in [-0.3, -0.25) is 0 Å². The van der Waals surface area contributed by atoms with E-state index in [0.29, 0.717) is 17.7 Å². The molecule has 0 fully saturated rings. The second-order valence-electron chi connectivity index (χ2n) is 4.56. The van der Waals surface area contributed by atoms with Crippen molar-refractivity contribution in [1.82, 2.24) is 4.72 Å². The monoisotopic (exact) mass is 341 g/mol. The molecule has 0 spiro atoms. The summed E-state index contributed by atoms with van der Waals surface area (Å²) in [7, 11) is -3.39. The van der Waals surface area contributed by atoms with Gasteiger partial charge in [-0.15, -0.1) is 0 Å². The quantitative estimate of drug-likeness (QED) is 0.846. The van der Waals surface area contributed by atoms with Crippen LogP contribution in [0.3, 0.4) is 0 Å². The van der Waals surface area contributed by atoms with Crippen LogP contribution in [0.1, 0.15) is 11.6 Å². The SMILES string of the molecule is COC(=O)C(NS(=O)(=O)c1cc(F)ccc1F)c1ccccc1. The molecule has 0 bridgehead atoms. The van der Waals surface area contributed by atoms with Crippen molar-refractivity contribution in [3.05, 3.63) is 65.7 Å². The number of sulfonamides is 1. The van der Waals surface area contributed by atoms with Gasteiger partial charge in [0.05, 0.1) is 7.11 Å². The molecule has 5 nitrogen and oxygen atoms in total. The molecule has 0 saturated heterocycles. The molecule has 1 unspecified atom stereocenters. The summed E-state index contributed by atoms with van der Waals surface area (Å²) in [4.78, 5) is 11.0. The maximum absolute atomic E-state index is 13.7. The fourth-order valence-corrected chi connectivity index (χ4v) is 3.18. The zero-order valence-corrected chi connectivity index (χ0v) is 12.8. The number of carbonyl (C=O) groups excluding carboxylic acids is 1. The molecule has 2 aromatic rings. The molecule has 0 heterocycles. The number of benzene rings is 2. The lowest BCUT2D eigenvalue weighted by Gasteiger charge is -2.17. The minimum atomic E-state index is -4.48. The van der Waals surface area contributed by atoms with Crippen LogP contribution in [0.15, 0.2) is 53.4 Å². The molecule has 0 aliphatic carbocycles. The van der Waals surface area contributed by atoms with Crippen LogP contribution < -0.4 is 4.72 Å². The topological polar surface area (TPSA) is 72.5 Å². The maximum atomic E-state index is 13.7. The molecule has 0 amide bonds. The molecule has 0 saturated carbocycles. The molecule has 122 valence electrons. The van der Waals surface area contributed by atoms with Crippen molar-refractivity contribution in [2.24, 2.45) is 0 Å². The lowest BCUT2D eigenvalue weighted by molar-refractivity contribution is -0.142. The first-order chi connectivity index (χ1) is 10.8. The summed E-state index contributed by atoms with van der Waals surface area (Å²) in [6.45, 7) is 0. The van der Waals surface area contributed by atoms with Gasteiger partial charge in [0, 0.05) is 0 Å². The lowest BCUT2D eigenvalue weighted by Crippen LogP contribution is -2.35. The number of halogens is 2. The number of nitrogens with one attached hydrogen (secondary N) is 1. The zero-order chi connectivity index (χ0) is 17.0. The van der Waals surface area contributed by atoms with Crippen molar-refractivity contribution in [3.63, 3.8) is 0 Å². The van der Waals surface area contributed by atoms with Gasteiger partial charge in [0.1, 0.15) is 22.6 Å². The van der Waals surface area contributed by atoms with Crippen LogP contribution in [-0.2, 0) is 19.6 Å². The zero-order valence-electron chi connectivity index (χ0n) is 12.0. The van der Waals surface area contributed by atoms with Gasteiger partial charge in [-0.2, -0.15) is 4.72 Å². The normalized spacial score (nSPS) is 12.7. The number of hydrogen-bond acceptors (Lipinski definition) is 4. The van der Waals surface area contributed by atoms with E-state index in [0.717, 1.165) is 13.2 Å². The van der Waals surface area contributed by atoms with Crippen LogP contribution in [0, 0.1) is 11.6 Å². The molecule has 2 rings (SSSR count). The molecular formula is C15H13F2NO4S. The van der Waals surface area contributed by atoms with Gasteiger partial charge in [0.2, 0.25) is 10.0 Å². The van der Waals surface area contributed by atoms with E-state index in [4.69, 9.17) is 0 Å². The van der Waals surface area contributed by atoms with Crippen molar-refractivity contribution in [3.8, 4) is 0 Å². The van der Waals surface area contributed by atoms with Gasteiger partial charge >= 0.3 is 5.97 Å².